The Kier molecular flexibility index (Phi) is 5.97. The van der Waals surface area contributed by atoms with Crippen LogP contribution in [0.15, 0.2) is 30.3 Å². The maximum absolute atomic E-state index is 11.9. The van der Waals surface area contributed by atoms with Crippen LogP contribution in [-0.2, 0) is 14.9 Å². The fraction of sp³-hybridized carbons (Fsp3) is 0.533. The second-order valence-corrected chi connectivity index (χ2v) is 7.70. The number of carbonyl (C=O) groups is 1. The Bertz CT molecular complexity index is 619. The van der Waals surface area contributed by atoms with E-state index in [-0.39, 0.29) is 12.1 Å². The number of hydrogen-bond donors (Lipinski definition) is 2. The van der Waals surface area contributed by atoms with Gasteiger partial charge in [0.25, 0.3) is 10.2 Å². The summed E-state index contributed by atoms with van der Waals surface area (Å²) in [6, 6.07) is 8.83. The molecule has 0 heterocycles. The predicted octanol–water partition coefficient (Wildman–Crippen LogP) is 1.94. The zero-order chi connectivity index (χ0) is 16.9. The highest BCUT2D eigenvalue weighted by Crippen LogP contribution is 2.22. The molecule has 0 radical (unpaired) electrons. The molecule has 7 nitrogen and oxygen atoms in total. The van der Waals surface area contributed by atoms with Gasteiger partial charge in [-0.1, -0.05) is 18.2 Å². The standard InChI is InChI=1S/C15H23N3O4S/c1-18(2)23(20,21)17-13-9-6-10-14(11-13)22-15(19)16-12-7-4-3-5-8-12/h3-5,7-8,13-14,17H,6,9-11H2,1-2H3,(H,16,19)/t13-,14-/m1/s1. The summed E-state index contributed by atoms with van der Waals surface area (Å²) in [6.07, 6.45) is 1.97. The number of nitrogens with zero attached hydrogens (tertiary/aromatic N) is 1. The number of rotatable bonds is 5. The van der Waals surface area contributed by atoms with Crippen molar-refractivity contribution < 1.29 is 17.9 Å². The van der Waals surface area contributed by atoms with Crippen molar-refractivity contribution in [2.45, 2.75) is 37.8 Å². The molecule has 1 amide bonds. The summed E-state index contributed by atoms with van der Waals surface area (Å²) in [5.41, 5.74) is 0.665. The Balaban J connectivity index is 1.85. The molecule has 128 valence electrons. The van der Waals surface area contributed by atoms with Gasteiger partial charge in [-0.15, -0.1) is 0 Å². The first-order valence-corrected chi connectivity index (χ1v) is 9.03. The number of amides is 1. The lowest BCUT2D eigenvalue weighted by molar-refractivity contribution is 0.0791. The molecule has 8 heteroatoms. The SMILES string of the molecule is CN(C)S(=O)(=O)N[C@@H]1CCC[C@@H](OC(=O)Nc2ccccc2)C1. The van der Waals surface area contributed by atoms with Crippen LogP contribution in [0.2, 0.25) is 0 Å². The van der Waals surface area contributed by atoms with Gasteiger partial charge in [-0.05, 0) is 31.4 Å². The van der Waals surface area contributed by atoms with Gasteiger partial charge in [0.1, 0.15) is 6.10 Å². The van der Waals surface area contributed by atoms with Crippen molar-refractivity contribution in [2.24, 2.45) is 0 Å². The van der Waals surface area contributed by atoms with E-state index < -0.39 is 16.3 Å². The first-order valence-electron chi connectivity index (χ1n) is 7.59. The minimum atomic E-state index is -3.47. The topological polar surface area (TPSA) is 87.7 Å². The van der Waals surface area contributed by atoms with Gasteiger partial charge in [-0.25, -0.2) is 4.79 Å². The van der Waals surface area contributed by atoms with Gasteiger partial charge >= 0.3 is 6.09 Å². The first kappa shape index (κ1) is 17.7. The predicted molar refractivity (Wildman–Crippen MR) is 88.3 cm³/mol. The van der Waals surface area contributed by atoms with E-state index in [1.807, 2.05) is 18.2 Å². The zero-order valence-corrected chi connectivity index (χ0v) is 14.2. The third-order valence-corrected chi connectivity index (χ3v) is 5.31. The first-order chi connectivity index (χ1) is 10.9. The van der Waals surface area contributed by atoms with E-state index in [1.54, 1.807) is 12.1 Å². The molecule has 2 rings (SSSR count). The molecule has 0 unspecified atom stereocenters. The van der Waals surface area contributed by atoms with Gasteiger partial charge in [0.2, 0.25) is 0 Å². The molecule has 1 fully saturated rings. The molecule has 1 aliphatic carbocycles. The number of nitrogens with one attached hydrogen (secondary N) is 2. The molecule has 23 heavy (non-hydrogen) atoms. The maximum atomic E-state index is 11.9. The molecule has 1 saturated carbocycles. The molecule has 1 aromatic carbocycles. The summed E-state index contributed by atoms with van der Waals surface area (Å²) in [6.45, 7) is 0. The van der Waals surface area contributed by atoms with Crippen molar-refractivity contribution >= 4 is 22.0 Å². The third kappa shape index (κ3) is 5.49. The van der Waals surface area contributed by atoms with Gasteiger partial charge < -0.3 is 4.74 Å². The quantitative estimate of drug-likeness (QED) is 0.857. The van der Waals surface area contributed by atoms with E-state index in [0.717, 1.165) is 23.6 Å². The molecule has 2 N–H and O–H groups in total. The molecule has 0 aromatic heterocycles. The summed E-state index contributed by atoms with van der Waals surface area (Å²) < 4.78 is 32.9. The van der Waals surface area contributed by atoms with E-state index in [0.29, 0.717) is 12.1 Å². The molecular weight excluding hydrogens is 318 g/mol. The van der Waals surface area contributed by atoms with Crippen LogP contribution in [0.25, 0.3) is 0 Å². The monoisotopic (exact) mass is 341 g/mol. The Labute approximate surface area is 137 Å². The summed E-state index contributed by atoms with van der Waals surface area (Å²) in [5.74, 6) is 0. The van der Waals surface area contributed by atoms with Crippen LogP contribution >= 0.6 is 0 Å². The van der Waals surface area contributed by atoms with Crippen LogP contribution in [-0.4, -0.2) is 45.1 Å². The highest BCUT2D eigenvalue weighted by atomic mass is 32.2. The highest BCUT2D eigenvalue weighted by Gasteiger charge is 2.28. The van der Waals surface area contributed by atoms with E-state index in [4.69, 9.17) is 4.74 Å². The van der Waals surface area contributed by atoms with Crippen LogP contribution in [0.3, 0.4) is 0 Å². The average molecular weight is 341 g/mol. The molecule has 1 aliphatic rings. The van der Waals surface area contributed by atoms with E-state index in [9.17, 15) is 13.2 Å². The molecule has 0 saturated heterocycles. The normalized spacial score (nSPS) is 21.9. The number of hydrogen-bond acceptors (Lipinski definition) is 4. The van der Waals surface area contributed by atoms with Crippen LogP contribution in [0.5, 0.6) is 0 Å². The molecule has 0 spiro atoms. The fourth-order valence-electron chi connectivity index (χ4n) is 2.50. The van der Waals surface area contributed by atoms with E-state index in [2.05, 4.69) is 10.0 Å². The smallest absolute Gasteiger partial charge is 0.411 e. The Morgan fingerprint density at radius 2 is 1.91 bits per heavy atom. The summed E-state index contributed by atoms with van der Waals surface area (Å²) >= 11 is 0. The number of benzene rings is 1. The van der Waals surface area contributed by atoms with Crippen molar-refractivity contribution in [3.63, 3.8) is 0 Å². The molecule has 0 bridgehead atoms. The molecular formula is C15H23N3O4S. The van der Waals surface area contributed by atoms with Crippen molar-refractivity contribution in [3.8, 4) is 0 Å². The zero-order valence-electron chi connectivity index (χ0n) is 13.4. The maximum Gasteiger partial charge on any atom is 0.411 e. The Hall–Kier alpha value is -1.64. The van der Waals surface area contributed by atoms with Crippen LogP contribution in [0, 0.1) is 0 Å². The Morgan fingerprint density at radius 1 is 1.22 bits per heavy atom. The number of ether oxygens (including phenoxy) is 1. The minimum absolute atomic E-state index is 0.217. The van der Waals surface area contributed by atoms with Crippen LogP contribution < -0.4 is 10.0 Å². The lowest BCUT2D eigenvalue weighted by Crippen LogP contribution is -2.45. The van der Waals surface area contributed by atoms with Crippen LogP contribution in [0.1, 0.15) is 25.7 Å². The second kappa shape index (κ2) is 7.76. The van der Waals surface area contributed by atoms with Crippen molar-refractivity contribution in [3.05, 3.63) is 30.3 Å². The number of anilines is 1. The van der Waals surface area contributed by atoms with Crippen molar-refractivity contribution in [1.29, 1.82) is 0 Å². The van der Waals surface area contributed by atoms with E-state index >= 15 is 0 Å². The number of carbonyl (C=O) groups excluding carboxylic acids is 1. The molecule has 1 aromatic rings. The van der Waals surface area contributed by atoms with Gasteiger partial charge in [0.15, 0.2) is 0 Å². The van der Waals surface area contributed by atoms with Gasteiger partial charge in [-0.2, -0.15) is 17.4 Å². The number of para-hydroxylation sites is 1. The minimum Gasteiger partial charge on any atom is -0.446 e. The van der Waals surface area contributed by atoms with Gasteiger partial charge in [0, 0.05) is 32.2 Å². The summed E-state index contributed by atoms with van der Waals surface area (Å²) in [7, 11) is -0.514. The average Bonchev–Trinajstić information content (AvgIpc) is 2.47. The molecule has 2 atom stereocenters. The summed E-state index contributed by atoms with van der Waals surface area (Å²) in [4.78, 5) is 11.9. The van der Waals surface area contributed by atoms with Gasteiger partial charge in [-0.3, -0.25) is 5.32 Å². The van der Waals surface area contributed by atoms with Crippen molar-refractivity contribution in [2.75, 3.05) is 19.4 Å². The molecule has 0 aliphatic heterocycles. The second-order valence-electron chi connectivity index (χ2n) is 5.79. The lowest BCUT2D eigenvalue weighted by Gasteiger charge is -2.30. The highest BCUT2D eigenvalue weighted by molar-refractivity contribution is 7.87. The largest absolute Gasteiger partial charge is 0.446 e. The lowest BCUT2D eigenvalue weighted by atomic mass is 9.94. The van der Waals surface area contributed by atoms with Gasteiger partial charge in [0.05, 0.1) is 0 Å². The third-order valence-electron chi connectivity index (χ3n) is 3.72. The fourth-order valence-corrected chi connectivity index (χ4v) is 3.34. The Morgan fingerprint density at radius 3 is 2.57 bits per heavy atom. The van der Waals surface area contributed by atoms with E-state index in [1.165, 1.54) is 14.1 Å². The van der Waals surface area contributed by atoms with Crippen molar-refractivity contribution in [1.82, 2.24) is 9.03 Å². The summed E-state index contributed by atoms with van der Waals surface area (Å²) in [5, 5.41) is 2.66. The van der Waals surface area contributed by atoms with Crippen LogP contribution in [0.4, 0.5) is 10.5 Å².